The summed E-state index contributed by atoms with van der Waals surface area (Å²) in [6.07, 6.45) is 2.18. The van der Waals surface area contributed by atoms with E-state index in [1.165, 1.54) is 35.5 Å². The van der Waals surface area contributed by atoms with Crippen LogP contribution in [-0.2, 0) is 23.0 Å². The highest BCUT2D eigenvalue weighted by molar-refractivity contribution is 7.89. The molecule has 8 heteroatoms. The van der Waals surface area contributed by atoms with Gasteiger partial charge in [0, 0.05) is 18.3 Å². The van der Waals surface area contributed by atoms with Gasteiger partial charge in [0.05, 0.1) is 17.1 Å². The van der Waals surface area contributed by atoms with Gasteiger partial charge in [-0.1, -0.05) is 12.1 Å². The molecule has 0 radical (unpaired) electrons. The predicted molar refractivity (Wildman–Crippen MR) is 84.2 cm³/mol. The first kappa shape index (κ1) is 15.6. The number of fused-ring (bicyclic) bond motifs is 1. The SMILES string of the molecule is CC(=O)c1ccc(S(=O)(=O)N2CCc3cnc(N)nc3C2)cc1. The van der Waals surface area contributed by atoms with E-state index in [0.717, 1.165) is 5.56 Å². The zero-order chi connectivity index (χ0) is 16.6. The van der Waals surface area contributed by atoms with Crippen molar-refractivity contribution in [3.8, 4) is 0 Å². The van der Waals surface area contributed by atoms with E-state index in [9.17, 15) is 13.2 Å². The smallest absolute Gasteiger partial charge is 0.243 e. The molecule has 0 unspecified atom stereocenters. The van der Waals surface area contributed by atoms with Gasteiger partial charge in [-0.3, -0.25) is 4.79 Å². The molecule has 1 aromatic carbocycles. The number of anilines is 1. The van der Waals surface area contributed by atoms with Crippen molar-refractivity contribution in [2.24, 2.45) is 0 Å². The average molecular weight is 332 g/mol. The van der Waals surface area contributed by atoms with Gasteiger partial charge in [0.2, 0.25) is 16.0 Å². The molecule has 2 heterocycles. The number of aromatic nitrogens is 2. The summed E-state index contributed by atoms with van der Waals surface area (Å²) in [6, 6.07) is 5.95. The van der Waals surface area contributed by atoms with Crippen molar-refractivity contribution in [2.45, 2.75) is 24.8 Å². The first-order chi connectivity index (χ1) is 10.9. The molecule has 0 spiro atoms. The van der Waals surface area contributed by atoms with Crippen molar-refractivity contribution in [2.75, 3.05) is 12.3 Å². The summed E-state index contributed by atoms with van der Waals surface area (Å²) in [4.78, 5) is 19.5. The molecule has 0 bridgehead atoms. The molecule has 1 aliphatic heterocycles. The Morgan fingerprint density at radius 1 is 1.26 bits per heavy atom. The van der Waals surface area contributed by atoms with E-state index in [4.69, 9.17) is 5.73 Å². The molecule has 0 saturated heterocycles. The Hall–Kier alpha value is -2.32. The van der Waals surface area contributed by atoms with Crippen LogP contribution in [0.1, 0.15) is 28.5 Å². The molecular weight excluding hydrogens is 316 g/mol. The summed E-state index contributed by atoms with van der Waals surface area (Å²) < 4.78 is 26.8. The van der Waals surface area contributed by atoms with Crippen molar-refractivity contribution in [3.05, 3.63) is 47.3 Å². The maximum atomic E-state index is 12.7. The van der Waals surface area contributed by atoms with Crippen molar-refractivity contribution >= 4 is 21.8 Å². The minimum Gasteiger partial charge on any atom is -0.368 e. The fourth-order valence-corrected chi connectivity index (χ4v) is 3.91. The fraction of sp³-hybridized carbons (Fsp3) is 0.267. The monoisotopic (exact) mass is 332 g/mol. The average Bonchev–Trinajstić information content (AvgIpc) is 2.54. The van der Waals surface area contributed by atoms with Crippen LogP contribution in [0.2, 0.25) is 0 Å². The molecule has 1 aromatic heterocycles. The number of sulfonamides is 1. The molecule has 0 fully saturated rings. The van der Waals surface area contributed by atoms with Gasteiger partial charge < -0.3 is 5.73 Å². The molecule has 0 atom stereocenters. The summed E-state index contributed by atoms with van der Waals surface area (Å²) in [6.45, 7) is 1.96. The maximum absolute atomic E-state index is 12.7. The van der Waals surface area contributed by atoms with Gasteiger partial charge in [-0.2, -0.15) is 4.31 Å². The lowest BCUT2D eigenvalue weighted by atomic mass is 10.1. The van der Waals surface area contributed by atoms with Gasteiger partial charge >= 0.3 is 0 Å². The summed E-state index contributed by atoms with van der Waals surface area (Å²) in [7, 11) is -3.64. The van der Waals surface area contributed by atoms with Crippen LogP contribution in [0.25, 0.3) is 0 Å². The normalized spacial score (nSPS) is 15.2. The lowest BCUT2D eigenvalue weighted by molar-refractivity contribution is 0.101. The quantitative estimate of drug-likeness (QED) is 0.841. The van der Waals surface area contributed by atoms with E-state index in [1.54, 1.807) is 6.20 Å². The van der Waals surface area contributed by atoms with E-state index in [-0.39, 0.29) is 23.2 Å². The molecular formula is C15H16N4O3S. The number of nitrogens with zero attached hydrogens (tertiary/aromatic N) is 3. The predicted octanol–water partition coefficient (Wildman–Crippen LogP) is 1.01. The zero-order valence-corrected chi connectivity index (χ0v) is 13.4. The summed E-state index contributed by atoms with van der Waals surface area (Å²) in [5, 5.41) is 0. The fourth-order valence-electron chi connectivity index (χ4n) is 2.51. The van der Waals surface area contributed by atoms with Crippen LogP contribution in [0.3, 0.4) is 0 Å². The number of nitrogen functional groups attached to an aromatic ring is 1. The van der Waals surface area contributed by atoms with Crippen LogP contribution in [0.5, 0.6) is 0 Å². The van der Waals surface area contributed by atoms with E-state index in [0.29, 0.717) is 24.2 Å². The first-order valence-corrected chi connectivity index (χ1v) is 8.53. The van der Waals surface area contributed by atoms with Gasteiger partial charge in [-0.15, -0.1) is 0 Å². The molecule has 2 N–H and O–H groups in total. The van der Waals surface area contributed by atoms with Gasteiger partial charge in [0.1, 0.15) is 0 Å². The minimum absolute atomic E-state index is 0.104. The topological polar surface area (TPSA) is 106 Å². The Morgan fingerprint density at radius 2 is 1.96 bits per heavy atom. The summed E-state index contributed by atoms with van der Waals surface area (Å²) in [5.41, 5.74) is 7.60. The molecule has 1 aliphatic rings. The highest BCUT2D eigenvalue weighted by Gasteiger charge is 2.29. The molecule has 2 aromatic rings. The number of benzene rings is 1. The standard InChI is InChI=1S/C15H16N4O3S/c1-10(20)11-2-4-13(5-3-11)23(21,22)19-7-6-12-8-17-15(16)18-14(12)9-19/h2-5,8H,6-7,9H2,1H3,(H2,16,17,18). The summed E-state index contributed by atoms with van der Waals surface area (Å²) >= 11 is 0. The van der Waals surface area contributed by atoms with Gasteiger partial charge in [0.25, 0.3) is 0 Å². The highest BCUT2D eigenvalue weighted by Crippen LogP contribution is 2.24. The Morgan fingerprint density at radius 3 is 2.61 bits per heavy atom. The van der Waals surface area contributed by atoms with Crippen molar-refractivity contribution in [3.63, 3.8) is 0 Å². The van der Waals surface area contributed by atoms with Crippen molar-refractivity contribution < 1.29 is 13.2 Å². The molecule has 23 heavy (non-hydrogen) atoms. The van der Waals surface area contributed by atoms with E-state index in [2.05, 4.69) is 9.97 Å². The Kier molecular flexibility index (Phi) is 3.87. The van der Waals surface area contributed by atoms with Gasteiger partial charge in [-0.05, 0) is 31.0 Å². The lowest BCUT2D eigenvalue weighted by Gasteiger charge is -2.27. The number of Topliss-reactive ketones (excluding diaryl/α,β-unsaturated/α-hetero) is 1. The number of carbonyl (C=O) groups is 1. The van der Waals surface area contributed by atoms with Crippen LogP contribution in [0.4, 0.5) is 5.95 Å². The zero-order valence-electron chi connectivity index (χ0n) is 12.6. The molecule has 7 nitrogen and oxygen atoms in total. The van der Waals surface area contributed by atoms with Gasteiger partial charge in [0.15, 0.2) is 5.78 Å². The summed E-state index contributed by atoms with van der Waals surface area (Å²) in [5.74, 6) is 0.0295. The molecule has 0 aliphatic carbocycles. The second-order valence-electron chi connectivity index (χ2n) is 5.37. The minimum atomic E-state index is -3.64. The van der Waals surface area contributed by atoms with Crippen LogP contribution >= 0.6 is 0 Å². The number of hydrogen-bond acceptors (Lipinski definition) is 6. The third-order valence-electron chi connectivity index (χ3n) is 3.83. The van der Waals surface area contributed by atoms with Crippen LogP contribution < -0.4 is 5.73 Å². The molecule has 0 saturated carbocycles. The van der Waals surface area contributed by atoms with Crippen LogP contribution in [0, 0.1) is 0 Å². The number of hydrogen-bond donors (Lipinski definition) is 1. The number of carbonyl (C=O) groups excluding carboxylic acids is 1. The maximum Gasteiger partial charge on any atom is 0.243 e. The van der Waals surface area contributed by atoms with E-state index < -0.39 is 10.0 Å². The third-order valence-corrected chi connectivity index (χ3v) is 5.69. The van der Waals surface area contributed by atoms with Gasteiger partial charge in [-0.25, -0.2) is 18.4 Å². The Balaban J connectivity index is 1.90. The van der Waals surface area contributed by atoms with Crippen molar-refractivity contribution in [1.82, 2.24) is 14.3 Å². The van der Waals surface area contributed by atoms with Crippen LogP contribution in [0.15, 0.2) is 35.4 Å². The third kappa shape index (κ3) is 2.95. The van der Waals surface area contributed by atoms with Crippen LogP contribution in [-0.4, -0.2) is 35.0 Å². The first-order valence-electron chi connectivity index (χ1n) is 7.09. The van der Waals surface area contributed by atoms with Crippen molar-refractivity contribution in [1.29, 1.82) is 0 Å². The van der Waals surface area contributed by atoms with E-state index in [1.807, 2.05) is 0 Å². The second-order valence-corrected chi connectivity index (χ2v) is 7.31. The second kappa shape index (κ2) is 5.71. The molecule has 3 rings (SSSR count). The largest absolute Gasteiger partial charge is 0.368 e. The Labute approximate surface area is 134 Å². The number of nitrogens with two attached hydrogens (primary N) is 1. The number of ketones is 1. The number of rotatable bonds is 3. The Bertz CT molecular complexity index is 863. The molecule has 0 amide bonds. The lowest BCUT2D eigenvalue weighted by Crippen LogP contribution is -2.36. The molecule has 120 valence electrons. The highest BCUT2D eigenvalue weighted by atomic mass is 32.2. The van der Waals surface area contributed by atoms with E-state index >= 15 is 0 Å².